The molecule has 2 aromatic carbocycles. The lowest BCUT2D eigenvalue weighted by Crippen LogP contribution is -2.40. The molecule has 2 aliphatic heterocycles. The fraction of sp³-hybridized carbons (Fsp3) is 0.346. The van der Waals surface area contributed by atoms with Gasteiger partial charge in [0.15, 0.2) is 0 Å². The molecule has 5 rings (SSSR count). The van der Waals surface area contributed by atoms with Gasteiger partial charge < -0.3 is 10.2 Å². The monoisotopic (exact) mass is 429 g/mol. The summed E-state index contributed by atoms with van der Waals surface area (Å²) in [6.45, 7) is 2.07. The van der Waals surface area contributed by atoms with Gasteiger partial charge in [0.25, 0.3) is 0 Å². The minimum Gasteiger partial charge on any atom is -0.367 e. The first-order chi connectivity index (χ1) is 15.6. The molecule has 1 aliphatic carbocycles. The normalized spacial score (nSPS) is 21.6. The zero-order valence-corrected chi connectivity index (χ0v) is 18.0. The van der Waals surface area contributed by atoms with E-state index in [1.54, 1.807) is 0 Å². The van der Waals surface area contributed by atoms with Crippen LogP contribution in [0.1, 0.15) is 29.5 Å². The van der Waals surface area contributed by atoms with Crippen LogP contribution in [0.4, 0.5) is 5.69 Å². The number of benzene rings is 2. The van der Waals surface area contributed by atoms with Crippen LogP contribution in [0, 0.1) is 11.8 Å². The summed E-state index contributed by atoms with van der Waals surface area (Å²) >= 11 is 0. The minimum atomic E-state index is -0.309. The number of rotatable bonds is 6. The van der Waals surface area contributed by atoms with Gasteiger partial charge in [0.1, 0.15) is 6.54 Å². The Morgan fingerprint density at radius 3 is 2.28 bits per heavy atom. The summed E-state index contributed by atoms with van der Waals surface area (Å²) in [6, 6.07) is 16.8. The third-order valence-electron chi connectivity index (χ3n) is 6.77. The predicted octanol–water partition coefficient (Wildman–Crippen LogP) is 2.82. The Morgan fingerprint density at radius 1 is 0.906 bits per heavy atom. The lowest BCUT2D eigenvalue weighted by atomic mass is 9.85. The van der Waals surface area contributed by atoms with Crippen molar-refractivity contribution < 1.29 is 14.4 Å². The highest BCUT2D eigenvalue weighted by Crippen LogP contribution is 2.34. The van der Waals surface area contributed by atoms with Crippen molar-refractivity contribution in [3.05, 3.63) is 77.4 Å². The number of carbonyl (C=O) groups is 3. The van der Waals surface area contributed by atoms with Crippen molar-refractivity contribution in [1.82, 2.24) is 10.2 Å². The first-order valence-corrected chi connectivity index (χ1v) is 11.3. The summed E-state index contributed by atoms with van der Waals surface area (Å²) in [5.74, 6) is -1.33. The van der Waals surface area contributed by atoms with Gasteiger partial charge in [-0.05, 0) is 42.0 Å². The van der Waals surface area contributed by atoms with E-state index in [-0.39, 0.29) is 36.1 Å². The standard InChI is InChI=1S/C26H27N3O3/c30-24(17-29-25(31)21-6-2-3-7-22(21)26(29)32)27-15-18-9-11-19(12-10-18)16-28-14-13-20-5-1-4-8-23(20)28/h1-5,8-12,21-22H,6-7,13-17H2,(H,27,30). The Kier molecular flexibility index (Phi) is 5.52. The molecule has 3 aliphatic rings. The number of carbonyl (C=O) groups excluding carboxylic acids is 3. The van der Waals surface area contributed by atoms with Gasteiger partial charge in [-0.25, -0.2) is 0 Å². The highest BCUT2D eigenvalue weighted by molar-refractivity contribution is 6.07. The van der Waals surface area contributed by atoms with Gasteiger partial charge in [-0.1, -0.05) is 54.6 Å². The van der Waals surface area contributed by atoms with Crippen molar-refractivity contribution in [2.45, 2.75) is 32.4 Å². The van der Waals surface area contributed by atoms with Crippen molar-refractivity contribution in [3.63, 3.8) is 0 Å². The number of para-hydroxylation sites is 1. The van der Waals surface area contributed by atoms with Gasteiger partial charge >= 0.3 is 0 Å². The van der Waals surface area contributed by atoms with Crippen LogP contribution in [-0.4, -0.2) is 35.7 Å². The second kappa shape index (κ2) is 8.61. The van der Waals surface area contributed by atoms with Crippen LogP contribution in [0.2, 0.25) is 0 Å². The molecule has 1 N–H and O–H groups in total. The van der Waals surface area contributed by atoms with Gasteiger partial charge in [0.2, 0.25) is 17.7 Å². The van der Waals surface area contributed by atoms with E-state index in [9.17, 15) is 14.4 Å². The van der Waals surface area contributed by atoms with Crippen molar-refractivity contribution in [3.8, 4) is 0 Å². The Bertz CT molecular complexity index is 1050. The van der Waals surface area contributed by atoms with Crippen molar-refractivity contribution in [2.75, 3.05) is 18.0 Å². The molecule has 3 amide bonds. The molecule has 1 saturated heterocycles. The van der Waals surface area contributed by atoms with Crippen molar-refractivity contribution in [2.24, 2.45) is 11.8 Å². The zero-order chi connectivity index (χ0) is 22.1. The fourth-order valence-corrected chi connectivity index (χ4v) is 4.98. The van der Waals surface area contributed by atoms with Gasteiger partial charge in [-0.2, -0.15) is 0 Å². The molecule has 6 nitrogen and oxygen atoms in total. The van der Waals surface area contributed by atoms with E-state index in [0.29, 0.717) is 19.4 Å². The molecule has 32 heavy (non-hydrogen) atoms. The average Bonchev–Trinajstić information content (AvgIpc) is 3.33. The highest BCUT2D eigenvalue weighted by atomic mass is 16.2. The molecule has 2 heterocycles. The Morgan fingerprint density at radius 2 is 1.56 bits per heavy atom. The lowest BCUT2D eigenvalue weighted by molar-refractivity contribution is -0.143. The summed E-state index contributed by atoms with van der Waals surface area (Å²) in [5, 5.41) is 2.84. The number of hydrogen-bond donors (Lipinski definition) is 1. The molecular weight excluding hydrogens is 402 g/mol. The maximum Gasteiger partial charge on any atom is 0.240 e. The molecule has 1 fully saturated rings. The van der Waals surface area contributed by atoms with Crippen molar-refractivity contribution in [1.29, 1.82) is 0 Å². The van der Waals surface area contributed by atoms with E-state index in [1.165, 1.54) is 16.8 Å². The van der Waals surface area contributed by atoms with Crippen LogP contribution in [0.25, 0.3) is 0 Å². The van der Waals surface area contributed by atoms with Crippen LogP contribution in [0.5, 0.6) is 0 Å². The van der Waals surface area contributed by atoms with E-state index in [4.69, 9.17) is 0 Å². The van der Waals surface area contributed by atoms with Crippen LogP contribution in [-0.2, 0) is 33.9 Å². The number of nitrogens with zero attached hydrogens (tertiary/aromatic N) is 2. The summed E-state index contributed by atoms with van der Waals surface area (Å²) in [7, 11) is 0. The van der Waals surface area contributed by atoms with E-state index in [0.717, 1.165) is 30.0 Å². The smallest absolute Gasteiger partial charge is 0.240 e. The summed E-state index contributed by atoms with van der Waals surface area (Å²) in [6.07, 6.45) is 6.15. The SMILES string of the molecule is O=C(CN1C(=O)C2CC=CCC2C1=O)NCc1ccc(CN2CCc3ccccc32)cc1. The third kappa shape index (κ3) is 3.93. The zero-order valence-electron chi connectivity index (χ0n) is 18.0. The van der Waals surface area contributed by atoms with E-state index in [1.807, 2.05) is 24.3 Å². The molecule has 0 saturated carbocycles. The first kappa shape index (κ1) is 20.5. The summed E-state index contributed by atoms with van der Waals surface area (Å²) in [5.41, 5.74) is 4.92. The summed E-state index contributed by atoms with van der Waals surface area (Å²) < 4.78 is 0. The van der Waals surface area contributed by atoms with Crippen molar-refractivity contribution >= 4 is 23.4 Å². The molecule has 6 heteroatoms. The van der Waals surface area contributed by atoms with Gasteiger partial charge in [-0.3, -0.25) is 19.3 Å². The topological polar surface area (TPSA) is 69.7 Å². The second-order valence-corrected chi connectivity index (χ2v) is 8.81. The molecule has 2 atom stereocenters. The molecule has 0 spiro atoms. The number of anilines is 1. The van der Waals surface area contributed by atoms with Gasteiger partial charge in [0.05, 0.1) is 11.8 Å². The van der Waals surface area contributed by atoms with Crippen LogP contribution in [0.15, 0.2) is 60.7 Å². The number of amides is 3. The van der Waals surface area contributed by atoms with E-state index < -0.39 is 0 Å². The van der Waals surface area contributed by atoms with Crippen LogP contribution in [0.3, 0.4) is 0 Å². The van der Waals surface area contributed by atoms with E-state index >= 15 is 0 Å². The maximum absolute atomic E-state index is 12.5. The fourth-order valence-electron chi connectivity index (χ4n) is 4.98. The minimum absolute atomic E-state index is 0.197. The highest BCUT2D eigenvalue weighted by Gasteiger charge is 2.47. The lowest BCUT2D eigenvalue weighted by Gasteiger charge is -2.19. The first-order valence-electron chi connectivity index (χ1n) is 11.3. The Labute approximate surface area is 187 Å². The van der Waals surface area contributed by atoms with Gasteiger partial charge in [0, 0.05) is 25.3 Å². The second-order valence-electron chi connectivity index (χ2n) is 8.81. The number of fused-ring (bicyclic) bond motifs is 2. The maximum atomic E-state index is 12.5. The third-order valence-corrected chi connectivity index (χ3v) is 6.77. The molecule has 2 aromatic rings. The number of hydrogen-bond acceptors (Lipinski definition) is 4. The Balaban J connectivity index is 1.13. The molecule has 0 bridgehead atoms. The predicted molar refractivity (Wildman–Crippen MR) is 122 cm³/mol. The molecule has 0 aromatic heterocycles. The quantitative estimate of drug-likeness (QED) is 0.566. The van der Waals surface area contributed by atoms with Crippen LogP contribution >= 0.6 is 0 Å². The molecule has 0 radical (unpaired) electrons. The number of nitrogens with one attached hydrogen (secondary N) is 1. The number of imide groups is 1. The largest absolute Gasteiger partial charge is 0.367 e. The number of likely N-dealkylation sites (tertiary alicyclic amines) is 1. The summed E-state index contributed by atoms with van der Waals surface area (Å²) in [4.78, 5) is 40.9. The van der Waals surface area contributed by atoms with Gasteiger partial charge in [-0.15, -0.1) is 0 Å². The van der Waals surface area contributed by atoms with E-state index in [2.05, 4.69) is 46.6 Å². The Hall–Kier alpha value is -3.41. The molecule has 164 valence electrons. The molecular formula is C26H27N3O3. The van der Waals surface area contributed by atoms with Crippen LogP contribution < -0.4 is 10.2 Å². The average molecular weight is 430 g/mol. The number of allylic oxidation sites excluding steroid dienone is 2. The molecule has 2 unspecified atom stereocenters.